The zero-order valence-electron chi connectivity index (χ0n) is 23.9. The Labute approximate surface area is 247 Å². The highest BCUT2D eigenvalue weighted by atomic mass is 15.3. The number of fused-ring (bicyclic) bond motifs is 3. The lowest BCUT2D eigenvalue weighted by Crippen LogP contribution is -2.35. The molecule has 0 aliphatic carbocycles. The fraction of sp³-hybridized carbons (Fsp3) is 0.250. The van der Waals surface area contributed by atoms with Gasteiger partial charge in [-0.1, -0.05) is 72.8 Å². The van der Waals surface area contributed by atoms with Gasteiger partial charge in [0.15, 0.2) is 0 Å². The first kappa shape index (κ1) is 26.7. The van der Waals surface area contributed by atoms with Crippen LogP contribution in [-0.2, 0) is 19.6 Å². The summed E-state index contributed by atoms with van der Waals surface area (Å²) >= 11 is 0. The minimum Gasteiger partial charge on any atom is -0.295 e. The normalized spacial score (nSPS) is 16.0. The topological polar surface area (TPSA) is 48.4 Å². The summed E-state index contributed by atoms with van der Waals surface area (Å²) in [6.07, 6.45) is 0. The van der Waals surface area contributed by atoms with Crippen LogP contribution >= 0.6 is 0 Å². The standard InChI is InChI=1S/C36H36N6/c1-4-10-34-28(7-1)13-16-31(37-34)25-40-19-21-41(26-32-17-14-29-8-2-5-11-35(29)38-32)23-24-42(22-20-40)27-33-18-15-30-9-3-6-12-36(30)39-33/h1-18H,19-27H2. The van der Waals surface area contributed by atoms with E-state index in [2.05, 4.69) is 124 Å². The van der Waals surface area contributed by atoms with Crippen LogP contribution in [0.4, 0.5) is 0 Å². The van der Waals surface area contributed by atoms with Crippen molar-refractivity contribution in [2.45, 2.75) is 19.6 Å². The molecule has 6 nitrogen and oxygen atoms in total. The molecule has 0 bridgehead atoms. The molecule has 0 saturated carbocycles. The maximum absolute atomic E-state index is 4.99. The smallest absolute Gasteiger partial charge is 0.0705 e. The summed E-state index contributed by atoms with van der Waals surface area (Å²) in [6, 6.07) is 38.3. The average molecular weight is 553 g/mol. The van der Waals surface area contributed by atoms with Crippen molar-refractivity contribution in [2.24, 2.45) is 0 Å². The van der Waals surface area contributed by atoms with E-state index in [0.717, 1.165) is 92.5 Å². The predicted molar refractivity (Wildman–Crippen MR) is 171 cm³/mol. The van der Waals surface area contributed by atoms with Crippen LogP contribution in [-0.4, -0.2) is 68.9 Å². The van der Waals surface area contributed by atoms with E-state index in [1.807, 2.05) is 0 Å². The summed E-state index contributed by atoms with van der Waals surface area (Å²) in [5.74, 6) is 0. The molecule has 1 saturated heterocycles. The zero-order valence-corrected chi connectivity index (χ0v) is 23.9. The van der Waals surface area contributed by atoms with E-state index in [0.29, 0.717) is 0 Å². The van der Waals surface area contributed by atoms with Crippen LogP contribution in [0.5, 0.6) is 0 Å². The molecule has 42 heavy (non-hydrogen) atoms. The lowest BCUT2D eigenvalue weighted by molar-refractivity contribution is 0.207. The number of pyridine rings is 3. The molecule has 4 heterocycles. The Kier molecular flexibility index (Phi) is 7.83. The molecule has 1 fully saturated rings. The highest BCUT2D eigenvalue weighted by molar-refractivity contribution is 5.79. The first-order chi connectivity index (χ1) is 20.7. The van der Waals surface area contributed by atoms with Gasteiger partial charge in [0.1, 0.15) is 0 Å². The molecule has 210 valence electrons. The Bertz CT molecular complexity index is 1590. The van der Waals surface area contributed by atoms with E-state index in [4.69, 9.17) is 15.0 Å². The lowest BCUT2D eigenvalue weighted by atomic mass is 10.2. The summed E-state index contributed by atoms with van der Waals surface area (Å²) < 4.78 is 0. The summed E-state index contributed by atoms with van der Waals surface area (Å²) in [7, 11) is 0. The zero-order chi connectivity index (χ0) is 28.1. The second kappa shape index (κ2) is 12.3. The van der Waals surface area contributed by atoms with Crippen LogP contribution in [0.25, 0.3) is 32.7 Å². The fourth-order valence-electron chi connectivity index (χ4n) is 5.93. The van der Waals surface area contributed by atoms with Crippen molar-refractivity contribution < 1.29 is 0 Å². The van der Waals surface area contributed by atoms with Crippen LogP contribution in [0.3, 0.4) is 0 Å². The van der Waals surface area contributed by atoms with Gasteiger partial charge < -0.3 is 0 Å². The van der Waals surface area contributed by atoms with E-state index in [1.54, 1.807) is 0 Å². The van der Waals surface area contributed by atoms with Gasteiger partial charge in [-0.2, -0.15) is 0 Å². The maximum atomic E-state index is 4.99. The quantitative estimate of drug-likeness (QED) is 0.247. The Morgan fingerprint density at radius 3 is 0.952 bits per heavy atom. The van der Waals surface area contributed by atoms with E-state index < -0.39 is 0 Å². The summed E-state index contributed by atoms with van der Waals surface area (Å²) in [6.45, 7) is 8.47. The number of hydrogen-bond acceptors (Lipinski definition) is 6. The average Bonchev–Trinajstić information content (AvgIpc) is 3.12. The molecule has 1 aliphatic rings. The second-order valence-corrected chi connectivity index (χ2v) is 11.3. The van der Waals surface area contributed by atoms with E-state index >= 15 is 0 Å². The number of benzene rings is 3. The lowest BCUT2D eigenvalue weighted by Gasteiger charge is -2.25. The number of nitrogens with zero attached hydrogens (tertiary/aromatic N) is 6. The highest BCUT2D eigenvalue weighted by Crippen LogP contribution is 2.17. The molecule has 0 amide bonds. The van der Waals surface area contributed by atoms with Gasteiger partial charge in [0.05, 0.1) is 33.6 Å². The molecule has 6 aromatic rings. The van der Waals surface area contributed by atoms with Crippen molar-refractivity contribution in [3.8, 4) is 0 Å². The largest absolute Gasteiger partial charge is 0.295 e. The molecule has 0 N–H and O–H groups in total. The molecule has 0 unspecified atom stereocenters. The third kappa shape index (κ3) is 6.31. The molecule has 1 aliphatic heterocycles. The fourth-order valence-corrected chi connectivity index (χ4v) is 5.93. The summed E-state index contributed by atoms with van der Waals surface area (Å²) in [4.78, 5) is 22.6. The van der Waals surface area contributed by atoms with Crippen LogP contribution in [0.1, 0.15) is 17.1 Å². The van der Waals surface area contributed by atoms with Gasteiger partial charge in [-0.3, -0.25) is 29.7 Å². The Morgan fingerprint density at radius 1 is 0.357 bits per heavy atom. The number of para-hydroxylation sites is 3. The Balaban J connectivity index is 1.11. The third-order valence-electron chi connectivity index (χ3n) is 8.32. The number of aromatic nitrogens is 3. The van der Waals surface area contributed by atoms with Crippen LogP contribution < -0.4 is 0 Å². The van der Waals surface area contributed by atoms with Gasteiger partial charge in [-0.05, 0) is 36.4 Å². The Hall–Kier alpha value is -4.23. The number of rotatable bonds is 6. The SMILES string of the molecule is c1ccc2nc(CN3CCN(Cc4ccc5ccccc5n4)CCN(Cc4ccc5ccccc5n4)CC3)ccc2c1. The van der Waals surface area contributed by atoms with Crippen molar-refractivity contribution in [3.05, 3.63) is 126 Å². The molecule has 0 atom stereocenters. The molecular weight excluding hydrogens is 516 g/mol. The molecule has 3 aromatic heterocycles. The summed E-state index contributed by atoms with van der Waals surface area (Å²) in [5, 5.41) is 3.57. The van der Waals surface area contributed by atoms with Gasteiger partial charge in [-0.15, -0.1) is 0 Å². The van der Waals surface area contributed by atoms with E-state index in [-0.39, 0.29) is 0 Å². The van der Waals surface area contributed by atoms with Gasteiger partial charge >= 0.3 is 0 Å². The highest BCUT2D eigenvalue weighted by Gasteiger charge is 2.19. The van der Waals surface area contributed by atoms with Gasteiger partial charge in [0, 0.05) is 75.1 Å². The minimum absolute atomic E-state index is 0.842. The van der Waals surface area contributed by atoms with Crippen molar-refractivity contribution >= 4 is 32.7 Å². The van der Waals surface area contributed by atoms with E-state index in [1.165, 1.54) is 16.2 Å². The maximum Gasteiger partial charge on any atom is 0.0705 e. The second-order valence-electron chi connectivity index (χ2n) is 11.3. The van der Waals surface area contributed by atoms with Gasteiger partial charge in [0.25, 0.3) is 0 Å². The molecule has 0 radical (unpaired) electrons. The van der Waals surface area contributed by atoms with Gasteiger partial charge in [0.2, 0.25) is 0 Å². The van der Waals surface area contributed by atoms with Crippen LogP contribution in [0, 0.1) is 0 Å². The first-order valence-corrected chi connectivity index (χ1v) is 15.0. The molecule has 3 aromatic carbocycles. The van der Waals surface area contributed by atoms with Crippen LogP contribution in [0.15, 0.2) is 109 Å². The van der Waals surface area contributed by atoms with Crippen molar-refractivity contribution in [1.29, 1.82) is 0 Å². The minimum atomic E-state index is 0.842. The summed E-state index contributed by atoms with van der Waals surface area (Å²) in [5.41, 5.74) is 6.56. The molecule has 0 spiro atoms. The number of hydrogen-bond donors (Lipinski definition) is 0. The Morgan fingerprint density at radius 2 is 0.643 bits per heavy atom. The molecule has 6 heteroatoms. The van der Waals surface area contributed by atoms with Crippen molar-refractivity contribution in [3.63, 3.8) is 0 Å². The molecule has 7 rings (SSSR count). The molecular formula is C36H36N6. The monoisotopic (exact) mass is 552 g/mol. The van der Waals surface area contributed by atoms with Crippen molar-refractivity contribution in [2.75, 3.05) is 39.3 Å². The van der Waals surface area contributed by atoms with Crippen LogP contribution in [0.2, 0.25) is 0 Å². The van der Waals surface area contributed by atoms with Crippen molar-refractivity contribution in [1.82, 2.24) is 29.7 Å². The van der Waals surface area contributed by atoms with E-state index in [9.17, 15) is 0 Å². The predicted octanol–water partition coefficient (Wildman–Crippen LogP) is 6.15. The van der Waals surface area contributed by atoms with Gasteiger partial charge in [-0.25, -0.2) is 0 Å². The first-order valence-electron chi connectivity index (χ1n) is 15.0. The third-order valence-corrected chi connectivity index (χ3v) is 8.32.